The molecule has 176 valence electrons. The van der Waals surface area contributed by atoms with Crippen molar-refractivity contribution in [2.24, 2.45) is 0 Å². The zero-order valence-electron chi connectivity index (χ0n) is 18.9. The standard InChI is InChI=1S/C24H3FN14/c25-8-1-2-9-10(3-8)31-16-15(30-9)17-19(38-23-21(36-17)32-11(4-26)13(6-28)34-23)20-18(16)37-22-24(39-20)35-14(7-29)12(5-27)33-22/h1-3H. The van der Waals surface area contributed by atoms with Crippen LogP contribution in [0.5, 0.6) is 0 Å². The largest absolute Gasteiger partial charge is 0.242 e. The molecule has 15 heteroatoms. The molecule has 0 atom stereocenters. The van der Waals surface area contributed by atoms with E-state index < -0.39 is 5.82 Å². The summed E-state index contributed by atoms with van der Waals surface area (Å²) in [7, 11) is 0. The Balaban J connectivity index is 1.75. The topological polar surface area (TPSA) is 224 Å². The van der Waals surface area contributed by atoms with E-state index in [9.17, 15) is 25.4 Å². The van der Waals surface area contributed by atoms with Crippen LogP contribution >= 0.6 is 0 Å². The molecule has 0 aliphatic rings. The second kappa shape index (κ2) is 7.64. The summed E-state index contributed by atoms with van der Waals surface area (Å²) in [6.45, 7) is 0. The Morgan fingerprint density at radius 3 is 1.13 bits per heavy atom. The molecule has 0 aliphatic carbocycles. The molecule has 7 aromatic rings. The molecular formula is C24H3FN14. The van der Waals surface area contributed by atoms with E-state index in [1.807, 2.05) is 6.07 Å². The number of aromatic nitrogens is 10. The molecule has 0 fully saturated rings. The third-order valence-corrected chi connectivity index (χ3v) is 5.76. The summed E-state index contributed by atoms with van der Waals surface area (Å²) >= 11 is 0. The molecule has 0 bridgehead atoms. The van der Waals surface area contributed by atoms with Crippen LogP contribution < -0.4 is 0 Å². The molecule has 5 heterocycles. The van der Waals surface area contributed by atoms with Gasteiger partial charge in [0, 0.05) is 6.07 Å². The van der Waals surface area contributed by atoms with Crippen LogP contribution in [-0.2, 0) is 0 Å². The van der Waals surface area contributed by atoms with Crippen molar-refractivity contribution in [3.8, 4) is 24.3 Å². The van der Waals surface area contributed by atoms with E-state index in [0.717, 1.165) is 0 Å². The molecule has 0 radical (unpaired) electrons. The Bertz CT molecular complexity index is 2460. The van der Waals surface area contributed by atoms with Gasteiger partial charge in [0.05, 0.1) is 11.0 Å². The molecular weight excluding hydrogens is 503 g/mol. The maximum absolute atomic E-state index is 14.0. The Morgan fingerprint density at radius 2 is 0.769 bits per heavy atom. The van der Waals surface area contributed by atoms with Gasteiger partial charge >= 0.3 is 0 Å². The molecule has 14 nitrogen and oxygen atoms in total. The van der Waals surface area contributed by atoms with Crippen molar-refractivity contribution >= 4 is 66.7 Å². The normalized spacial score (nSPS) is 11.1. The van der Waals surface area contributed by atoms with E-state index in [-0.39, 0.29) is 84.0 Å². The van der Waals surface area contributed by atoms with Crippen molar-refractivity contribution < 1.29 is 4.39 Å². The van der Waals surface area contributed by atoms with Gasteiger partial charge < -0.3 is 0 Å². The van der Waals surface area contributed by atoms with Crippen LogP contribution in [0.1, 0.15) is 22.8 Å². The number of hydrogen-bond acceptors (Lipinski definition) is 14. The van der Waals surface area contributed by atoms with E-state index in [2.05, 4.69) is 49.8 Å². The van der Waals surface area contributed by atoms with Gasteiger partial charge in [0.1, 0.15) is 63.2 Å². The molecule has 0 saturated heterocycles. The lowest BCUT2D eigenvalue weighted by Crippen LogP contribution is -2.04. The fraction of sp³-hybridized carbons (Fsp3) is 0. The summed E-state index contributed by atoms with van der Waals surface area (Å²) < 4.78 is 14.0. The quantitative estimate of drug-likeness (QED) is 0.212. The van der Waals surface area contributed by atoms with Crippen molar-refractivity contribution in [1.82, 2.24) is 49.8 Å². The third kappa shape index (κ3) is 3.02. The van der Waals surface area contributed by atoms with Gasteiger partial charge in [-0.3, -0.25) is 0 Å². The molecule has 2 aromatic carbocycles. The van der Waals surface area contributed by atoms with Gasteiger partial charge in [-0.2, -0.15) is 21.0 Å². The number of hydrogen-bond donors (Lipinski definition) is 0. The van der Waals surface area contributed by atoms with Crippen molar-refractivity contribution in [3.05, 3.63) is 46.8 Å². The van der Waals surface area contributed by atoms with Gasteiger partial charge in [-0.05, 0) is 12.1 Å². The average Bonchev–Trinajstić information content (AvgIpc) is 2.97. The minimum Gasteiger partial charge on any atom is -0.242 e. The lowest BCUT2D eigenvalue weighted by molar-refractivity contribution is 0.629. The number of nitriles is 4. The van der Waals surface area contributed by atoms with E-state index >= 15 is 0 Å². The molecule has 0 spiro atoms. The van der Waals surface area contributed by atoms with Gasteiger partial charge in [-0.15, -0.1) is 0 Å². The van der Waals surface area contributed by atoms with Crippen LogP contribution in [0, 0.1) is 51.1 Å². The van der Waals surface area contributed by atoms with Gasteiger partial charge in [0.15, 0.2) is 45.4 Å². The highest BCUT2D eigenvalue weighted by Crippen LogP contribution is 2.32. The molecule has 0 unspecified atom stereocenters. The van der Waals surface area contributed by atoms with Crippen LogP contribution in [-0.4, -0.2) is 49.8 Å². The van der Waals surface area contributed by atoms with E-state index in [4.69, 9.17) is 0 Å². The van der Waals surface area contributed by atoms with E-state index in [0.29, 0.717) is 5.52 Å². The minimum atomic E-state index is -0.523. The van der Waals surface area contributed by atoms with E-state index in [1.165, 1.54) is 18.2 Å². The Hall–Kier alpha value is -6.71. The summed E-state index contributed by atoms with van der Waals surface area (Å²) in [6.07, 6.45) is 0. The summed E-state index contributed by atoms with van der Waals surface area (Å²) in [5.41, 5.74) is 0.441. The van der Waals surface area contributed by atoms with Crippen LogP contribution in [0.4, 0.5) is 4.39 Å². The smallest absolute Gasteiger partial charge is 0.199 e. The first-order valence-corrected chi connectivity index (χ1v) is 10.8. The highest BCUT2D eigenvalue weighted by Gasteiger charge is 2.22. The van der Waals surface area contributed by atoms with Crippen LogP contribution in [0.25, 0.3) is 66.7 Å². The first kappa shape index (κ1) is 21.6. The molecule has 0 aliphatic heterocycles. The van der Waals surface area contributed by atoms with Crippen LogP contribution in [0.2, 0.25) is 0 Å². The Labute approximate surface area is 213 Å². The highest BCUT2D eigenvalue weighted by molar-refractivity contribution is 6.20. The Morgan fingerprint density at radius 1 is 0.436 bits per heavy atom. The molecule has 0 amide bonds. The van der Waals surface area contributed by atoms with E-state index in [1.54, 1.807) is 18.2 Å². The minimum absolute atomic E-state index is 0.0290. The second-order valence-corrected chi connectivity index (χ2v) is 7.98. The summed E-state index contributed by atoms with van der Waals surface area (Å²) in [4.78, 5) is 43.8. The summed E-state index contributed by atoms with van der Waals surface area (Å²) in [5.74, 6) is -0.523. The fourth-order valence-corrected chi connectivity index (χ4v) is 4.10. The van der Waals surface area contributed by atoms with Gasteiger partial charge in [0.2, 0.25) is 0 Å². The lowest BCUT2D eigenvalue weighted by atomic mass is 10.1. The number of fused-ring (bicyclic) bond motifs is 9. The second-order valence-electron chi connectivity index (χ2n) is 7.98. The van der Waals surface area contributed by atoms with Gasteiger partial charge in [0.25, 0.3) is 0 Å². The molecule has 0 saturated carbocycles. The summed E-state index contributed by atoms with van der Waals surface area (Å²) in [5, 5.41) is 37.5. The van der Waals surface area contributed by atoms with Crippen molar-refractivity contribution in [1.29, 1.82) is 21.0 Å². The zero-order valence-corrected chi connectivity index (χ0v) is 18.9. The first-order chi connectivity index (χ1) is 19.0. The Kier molecular flexibility index (Phi) is 4.23. The maximum atomic E-state index is 14.0. The molecule has 5 aromatic heterocycles. The van der Waals surface area contributed by atoms with Crippen LogP contribution in [0.3, 0.4) is 0 Å². The predicted octanol–water partition coefficient (Wildman–Crippen LogP) is 2.18. The third-order valence-electron chi connectivity index (χ3n) is 5.76. The molecule has 39 heavy (non-hydrogen) atoms. The average molecular weight is 506 g/mol. The van der Waals surface area contributed by atoms with Gasteiger partial charge in [-0.1, -0.05) is 0 Å². The zero-order chi connectivity index (χ0) is 26.8. The van der Waals surface area contributed by atoms with Gasteiger partial charge in [-0.25, -0.2) is 54.2 Å². The van der Waals surface area contributed by atoms with Crippen molar-refractivity contribution in [2.45, 2.75) is 0 Å². The number of halogens is 1. The van der Waals surface area contributed by atoms with Crippen LogP contribution in [0.15, 0.2) is 18.2 Å². The number of nitrogens with zero attached hydrogens (tertiary/aromatic N) is 14. The maximum Gasteiger partial charge on any atom is 0.199 e. The lowest BCUT2D eigenvalue weighted by Gasteiger charge is -2.09. The van der Waals surface area contributed by atoms with Crippen molar-refractivity contribution in [3.63, 3.8) is 0 Å². The number of benzene rings is 2. The summed E-state index contributed by atoms with van der Waals surface area (Å²) in [6, 6.07) is 11.1. The fourth-order valence-electron chi connectivity index (χ4n) is 4.10. The SMILES string of the molecule is N#Cc1nc2nc3c4nc5ccc(F)cc5nc4c4nc5nc(C#N)c(C#N)nc5nc4c3nc2nc1C#N. The molecule has 0 N–H and O–H groups in total. The molecule has 7 rings (SSSR count). The monoisotopic (exact) mass is 506 g/mol. The first-order valence-electron chi connectivity index (χ1n) is 10.8. The highest BCUT2D eigenvalue weighted by atomic mass is 19.1. The number of rotatable bonds is 0. The predicted molar refractivity (Wildman–Crippen MR) is 128 cm³/mol. The van der Waals surface area contributed by atoms with Crippen molar-refractivity contribution in [2.75, 3.05) is 0 Å².